The van der Waals surface area contributed by atoms with Crippen LogP contribution in [0.25, 0.3) is 0 Å². The number of nitro groups is 1. The average molecular weight is 293 g/mol. The van der Waals surface area contributed by atoms with Crippen LogP contribution in [-0.2, 0) is 13.0 Å². The van der Waals surface area contributed by atoms with Crippen LogP contribution in [0.4, 0.5) is 17.5 Å². The third kappa shape index (κ3) is 3.02. The van der Waals surface area contributed by atoms with Gasteiger partial charge < -0.3 is 11.1 Å². The van der Waals surface area contributed by atoms with Crippen molar-refractivity contribution in [3.8, 4) is 0 Å². The van der Waals surface area contributed by atoms with Gasteiger partial charge in [0.15, 0.2) is 0 Å². The lowest BCUT2D eigenvalue weighted by Gasteiger charge is -2.07. The molecule has 20 heavy (non-hydrogen) atoms. The van der Waals surface area contributed by atoms with E-state index in [-0.39, 0.29) is 23.1 Å². The summed E-state index contributed by atoms with van der Waals surface area (Å²) in [5.74, 6) is 0.183. The second-order valence-electron chi connectivity index (χ2n) is 4.20. The second kappa shape index (κ2) is 5.83. The minimum atomic E-state index is -0.497. The summed E-state index contributed by atoms with van der Waals surface area (Å²) in [5.41, 5.74) is 5.66. The van der Waals surface area contributed by atoms with E-state index in [0.717, 1.165) is 11.3 Å². The number of thiophene rings is 1. The minimum Gasteiger partial charge on any atom is -0.368 e. The number of rotatable bonds is 5. The van der Waals surface area contributed by atoms with Crippen LogP contribution in [0, 0.1) is 17.0 Å². The standard InChI is InChI=1S/C12H15N5O2S/c1-3-8-4-5-9(20-8)6-14-11-10(17(18)19)7(2)15-12(13)16-11/h4-5H,3,6H2,1-2H3,(H3,13,14,15,16). The number of nitrogen functional groups attached to an aromatic ring is 1. The van der Waals surface area contributed by atoms with Gasteiger partial charge in [-0.3, -0.25) is 10.1 Å². The van der Waals surface area contributed by atoms with Crippen molar-refractivity contribution in [2.45, 2.75) is 26.8 Å². The maximum atomic E-state index is 11.1. The van der Waals surface area contributed by atoms with E-state index >= 15 is 0 Å². The molecule has 3 N–H and O–H groups in total. The Balaban J connectivity index is 2.22. The summed E-state index contributed by atoms with van der Waals surface area (Å²) in [4.78, 5) is 20.7. The van der Waals surface area contributed by atoms with Crippen molar-refractivity contribution in [2.75, 3.05) is 11.1 Å². The van der Waals surface area contributed by atoms with E-state index in [1.807, 2.05) is 6.07 Å². The molecule has 0 aliphatic rings. The number of nitrogens with one attached hydrogen (secondary N) is 1. The van der Waals surface area contributed by atoms with Crippen LogP contribution in [0.5, 0.6) is 0 Å². The largest absolute Gasteiger partial charge is 0.368 e. The van der Waals surface area contributed by atoms with E-state index in [1.54, 1.807) is 18.3 Å². The summed E-state index contributed by atoms with van der Waals surface area (Å²) < 4.78 is 0. The van der Waals surface area contributed by atoms with Crippen molar-refractivity contribution in [3.63, 3.8) is 0 Å². The van der Waals surface area contributed by atoms with E-state index in [1.165, 1.54) is 4.88 Å². The molecule has 2 aromatic heterocycles. The fourth-order valence-electron chi connectivity index (χ4n) is 1.81. The second-order valence-corrected chi connectivity index (χ2v) is 5.45. The third-order valence-corrected chi connectivity index (χ3v) is 3.98. The number of hydrogen-bond acceptors (Lipinski definition) is 7. The van der Waals surface area contributed by atoms with Gasteiger partial charge >= 0.3 is 5.69 Å². The highest BCUT2D eigenvalue weighted by Gasteiger charge is 2.21. The van der Waals surface area contributed by atoms with Crippen molar-refractivity contribution >= 4 is 28.8 Å². The first kappa shape index (κ1) is 14.2. The number of aromatic nitrogens is 2. The van der Waals surface area contributed by atoms with Crippen LogP contribution < -0.4 is 11.1 Å². The summed E-state index contributed by atoms with van der Waals surface area (Å²) in [6.45, 7) is 4.10. The number of nitrogens with zero attached hydrogens (tertiary/aromatic N) is 3. The summed E-state index contributed by atoms with van der Waals surface area (Å²) in [7, 11) is 0. The van der Waals surface area contributed by atoms with Gasteiger partial charge in [-0.25, -0.2) is 4.98 Å². The lowest BCUT2D eigenvalue weighted by Crippen LogP contribution is -2.09. The van der Waals surface area contributed by atoms with Crippen molar-refractivity contribution in [3.05, 3.63) is 37.7 Å². The zero-order chi connectivity index (χ0) is 14.7. The van der Waals surface area contributed by atoms with Crippen LogP contribution in [0.3, 0.4) is 0 Å². The Labute approximate surface area is 120 Å². The molecule has 0 saturated carbocycles. The summed E-state index contributed by atoms with van der Waals surface area (Å²) in [6.07, 6.45) is 0.977. The predicted molar refractivity (Wildman–Crippen MR) is 78.9 cm³/mol. The molecule has 0 aromatic carbocycles. The van der Waals surface area contributed by atoms with Gasteiger partial charge in [-0.05, 0) is 25.5 Å². The van der Waals surface area contributed by atoms with E-state index in [0.29, 0.717) is 6.54 Å². The lowest BCUT2D eigenvalue weighted by molar-refractivity contribution is -0.385. The van der Waals surface area contributed by atoms with Gasteiger partial charge in [0.2, 0.25) is 11.8 Å². The molecular weight excluding hydrogens is 278 g/mol. The van der Waals surface area contributed by atoms with Crippen LogP contribution >= 0.6 is 11.3 Å². The topological polar surface area (TPSA) is 107 Å². The Morgan fingerprint density at radius 1 is 1.40 bits per heavy atom. The molecule has 0 radical (unpaired) electrons. The smallest absolute Gasteiger partial charge is 0.332 e. The highest BCUT2D eigenvalue weighted by molar-refractivity contribution is 7.12. The van der Waals surface area contributed by atoms with Gasteiger partial charge in [0.25, 0.3) is 0 Å². The summed E-state index contributed by atoms with van der Waals surface area (Å²) in [6, 6.07) is 4.05. The van der Waals surface area contributed by atoms with E-state index in [2.05, 4.69) is 28.3 Å². The minimum absolute atomic E-state index is 0.0241. The maximum Gasteiger partial charge on any atom is 0.332 e. The van der Waals surface area contributed by atoms with Crippen molar-refractivity contribution < 1.29 is 4.92 Å². The molecule has 0 saturated heterocycles. The predicted octanol–water partition coefficient (Wildman–Crippen LogP) is 2.51. The quantitative estimate of drug-likeness (QED) is 0.648. The van der Waals surface area contributed by atoms with Crippen LogP contribution in [-0.4, -0.2) is 14.9 Å². The van der Waals surface area contributed by atoms with Gasteiger partial charge in [0.1, 0.15) is 5.69 Å². The molecule has 106 valence electrons. The van der Waals surface area contributed by atoms with Gasteiger partial charge in [0.05, 0.1) is 11.5 Å². The van der Waals surface area contributed by atoms with Crippen LogP contribution in [0.1, 0.15) is 22.4 Å². The summed E-state index contributed by atoms with van der Waals surface area (Å²) >= 11 is 1.67. The molecule has 0 bridgehead atoms. The fourth-order valence-corrected chi connectivity index (χ4v) is 2.71. The van der Waals surface area contributed by atoms with Gasteiger partial charge in [-0.2, -0.15) is 4.98 Å². The molecule has 0 unspecified atom stereocenters. The number of hydrogen-bond donors (Lipinski definition) is 2. The summed E-state index contributed by atoms with van der Waals surface area (Å²) in [5, 5.41) is 14.0. The number of aryl methyl sites for hydroxylation is 2. The maximum absolute atomic E-state index is 11.1. The van der Waals surface area contributed by atoms with Crippen LogP contribution in [0.15, 0.2) is 12.1 Å². The van der Waals surface area contributed by atoms with Crippen molar-refractivity contribution in [2.24, 2.45) is 0 Å². The molecule has 0 spiro atoms. The zero-order valence-corrected chi connectivity index (χ0v) is 12.0. The highest BCUT2D eigenvalue weighted by Crippen LogP contribution is 2.27. The molecule has 0 fully saturated rings. The number of nitrogens with two attached hydrogens (primary N) is 1. The molecule has 8 heteroatoms. The van der Waals surface area contributed by atoms with Gasteiger partial charge in [-0.1, -0.05) is 6.92 Å². The van der Waals surface area contributed by atoms with E-state index in [9.17, 15) is 10.1 Å². The Bertz CT molecular complexity index is 641. The van der Waals surface area contributed by atoms with E-state index < -0.39 is 4.92 Å². The monoisotopic (exact) mass is 293 g/mol. The van der Waals surface area contributed by atoms with Crippen molar-refractivity contribution in [1.82, 2.24) is 9.97 Å². The molecule has 0 aliphatic heterocycles. The molecule has 2 heterocycles. The normalized spacial score (nSPS) is 10.5. The highest BCUT2D eigenvalue weighted by atomic mass is 32.1. The van der Waals surface area contributed by atoms with Crippen molar-refractivity contribution in [1.29, 1.82) is 0 Å². The first-order chi connectivity index (χ1) is 9.51. The Morgan fingerprint density at radius 2 is 2.10 bits per heavy atom. The molecular formula is C12H15N5O2S. The first-order valence-corrected chi connectivity index (χ1v) is 6.93. The zero-order valence-electron chi connectivity index (χ0n) is 11.2. The molecule has 7 nitrogen and oxygen atoms in total. The average Bonchev–Trinajstić information content (AvgIpc) is 2.82. The lowest BCUT2D eigenvalue weighted by atomic mass is 10.3. The fraction of sp³-hybridized carbons (Fsp3) is 0.333. The molecule has 0 atom stereocenters. The molecule has 0 aliphatic carbocycles. The van der Waals surface area contributed by atoms with Crippen LogP contribution in [0.2, 0.25) is 0 Å². The molecule has 2 aromatic rings. The first-order valence-electron chi connectivity index (χ1n) is 6.11. The molecule has 2 rings (SSSR count). The van der Waals surface area contributed by atoms with Gasteiger partial charge in [0, 0.05) is 9.75 Å². The van der Waals surface area contributed by atoms with Gasteiger partial charge in [-0.15, -0.1) is 11.3 Å². The number of anilines is 2. The SMILES string of the molecule is CCc1ccc(CNc2nc(N)nc(C)c2[N+](=O)[O-])s1. The Kier molecular flexibility index (Phi) is 4.14. The Hall–Kier alpha value is -2.22. The third-order valence-electron chi connectivity index (χ3n) is 2.75. The Morgan fingerprint density at radius 3 is 2.70 bits per heavy atom. The molecule has 0 amide bonds. The van der Waals surface area contributed by atoms with E-state index in [4.69, 9.17) is 5.73 Å².